The molecule has 26 heavy (non-hydrogen) atoms. The number of benzene rings is 1. The molecule has 2 N–H and O–H groups in total. The van der Waals surface area contributed by atoms with E-state index in [-0.39, 0.29) is 12.3 Å². The van der Waals surface area contributed by atoms with Crippen molar-refractivity contribution in [2.24, 2.45) is 0 Å². The molecule has 2 amide bonds. The minimum Gasteiger partial charge on any atom is -0.334 e. The van der Waals surface area contributed by atoms with Crippen LogP contribution in [0.5, 0.6) is 0 Å². The van der Waals surface area contributed by atoms with Crippen LogP contribution in [-0.2, 0) is 22.1 Å². The average molecular weight is 393 g/mol. The van der Waals surface area contributed by atoms with Crippen LogP contribution in [0.15, 0.2) is 30.3 Å². The van der Waals surface area contributed by atoms with Crippen LogP contribution in [0.25, 0.3) is 10.4 Å². The molecule has 2 unspecified atom stereocenters. The maximum atomic E-state index is 12.6. The number of thiophene rings is 1. The highest BCUT2D eigenvalue weighted by molar-refractivity contribution is 7.85. The van der Waals surface area contributed by atoms with Crippen LogP contribution in [0.1, 0.15) is 27.2 Å². The first-order chi connectivity index (χ1) is 12.4. The van der Waals surface area contributed by atoms with Gasteiger partial charge in [0, 0.05) is 45.5 Å². The van der Waals surface area contributed by atoms with Crippen molar-refractivity contribution in [2.75, 3.05) is 12.8 Å². The molecule has 0 bridgehead atoms. The summed E-state index contributed by atoms with van der Waals surface area (Å²) in [6.45, 7) is 2.83. The predicted molar refractivity (Wildman–Crippen MR) is 102 cm³/mol. The van der Waals surface area contributed by atoms with E-state index >= 15 is 0 Å². The third kappa shape index (κ3) is 3.72. The third-order valence-electron chi connectivity index (χ3n) is 4.47. The molecule has 8 heteroatoms. The summed E-state index contributed by atoms with van der Waals surface area (Å²) in [6.07, 6.45) is 1.64. The zero-order valence-electron chi connectivity index (χ0n) is 14.5. The molecule has 0 saturated carbocycles. The summed E-state index contributed by atoms with van der Waals surface area (Å²) in [6, 6.07) is 9.98. The van der Waals surface area contributed by atoms with Gasteiger partial charge in [-0.15, -0.1) is 11.3 Å². The van der Waals surface area contributed by atoms with Crippen molar-refractivity contribution in [3.05, 3.63) is 46.3 Å². The second-order valence-corrected chi connectivity index (χ2v) is 9.12. The number of hydrogen-bond donors (Lipinski definition) is 2. The molecule has 2 heterocycles. The number of fused-ring (bicyclic) bond motifs is 1. The number of nitrogens with one attached hydrogen (secondary N) is 1. The van der Waals surface area contributed by atoms with Crippen LogP contribution < -0.4 is 5.48 Å². The van der Waals surface area contributed by atoms with Gasteiger partial charge in [0.05, 0.1) is 0 Å². The lowest BCUT2D eigenvalue weighted by Crippen LogP contribution is -2.38. The molecule has 6 nitrogen and oxygen atoms in total. The van der Waals surface area contributed by atoms with Gasteiger partial charge >= 0.3 is 0 Å². The molecule has 0 radical (unpaired) electrons. The van der Waals surface area contributed by atoms with Crippen molar-refractivity contribution < 1.29 is 19.0 Å². The van der Waals surface area contributed by atoms with Gasteiger partial charge in [-0.3, -0.25) is 19.0 Å². The Hall–Kier alpha value is -2.03. The topological polar surface area (TPSA) is 86.7 Å². The maximum absolute atomic E-state index is 12.6. The Labute approximate surface area is 158 Å². The number of aryl methyl sites for hydroxylation is 1. The molecule has 2 aromatic rings. The summed E-state index contributed by atoms with van der Waals surface area (Å²) in [7, 11) is -1.43. The van der Waals surface area contributed by atoms with E-state index in [4.69, 9.17) is 5.21 Å². The second-order valence-electron chi connectivity index (χ2n) is 6.26. The monoisotopic (exact) mass is 392 g/mol. The van der Waals surface area contributed by atoms with Gasteiger partial charge in [0.15, 0.2) is 0 Å². The highest BCUT2D eigenvalue weighted by Crippen LogP contribution is 2.32. The molecule has 1 aliphatic heterocycles. The number of nitrogens with zero attached hydrogens (tertiary/aromatic N) is 1. The van der Waals surface area contributed by atoms with Gasteiger partial charge in [-0.05, 0) is 48.7 Å². The highest BCUT2D eigenvalue weighted by atomic mass is 32.2. The van der Waals surface area contributed by atoms with Crippen LogP contribution in [0.2, 0.25) is 0 Å². The first kappa shape index (κ1) is 18.8. The minimum absolute atomic E-state index is 0.0843. The van der Waals surface area contributed by atoms with E-state index in [0.717, 1.165) is 16.0 Å². The summed E-state index contributed by atoms with van der Waals surface area (Å²) in [5, 5.41) is 7.92. The first-order valence-electron chi connectivity index (χ1n) is 8.16. The van der Waals surface area contributed by atoms with Crippen LogP contribution in [0.4, 0.5) is 0 Å². The number of hydroxylamine groups is 1. The molecule has 0 saturated heterocycles. The van der Waals surface area contributed by atoms with Gasteiger partial charge in [0.25, 0.3) is 11.8 Å². The van der Waals surface area contributed by atoms with E-state index in [9.17, 15) is 13.8 Å². The van der Waals surface area contributed by atoms with E-state index in [1.807, 2.05) is 18.2 Å². The van der Waals surface area contributed by atoms with E-state index < -0.39 is 22.0 Å². The summed E-state index contributed by atoms with van der Waals surface area (Å²) >= 11 is 1.71. The molecule has 138 valence electrons. The van der Waals surface area contributed by atoms with Crippen molar-refractivity contribution in [3.8, 4) is 10.4 Å². The fourth-order valence-electron chi connectivity index (χ4n) is 3.10. The van der Waals surface area contributed by atoms with Crippen LogP contribution in [0.3, 0.4) is 0 Å². The zero-order valence-corrected chi connectivity index (χ0v) is 16.2. The van der Waals surface area contributed by atoms with Gasteiger partial charge in [-0.25, -0.2) is 5.48 Å². The Morgan fingerprint density at radius 3 is 2.77 bits per heavy atom. The quantitative estimate of drug-likeness (QED) is 0.583. The molecule has 1 aliphatic rings. The first-order valence-corrected chi connectivity index (χ1v) is 10.6. The van der Waals surface area contributed by atoms with Crippen molar-refractivity contribution in [1.29, 1.82) is 0 Å². The SMILES string of the molecule is Cc1ccc(-c2ccc3c(c2)CN(CCC(C(=O)NO)S(C)=O)C3=O)s1. The van der Waals surface area contributed by atoms with E-state index in [2.05, 4.69) is 19.1 Å². The van der Waals surface area contributed by atoms with Crippen molar-refractivity contribution in [1.82, 2.24) is 10.4 Å². The summed E-state index contributed by atoms with van der Waals surface area (Å²) in [5.41, 5.74) is 4.26. The fraction of sp³-hybridized carbons (Fsp3) is 0.333. The molecule has 0 fully saturated rings. The van der Waals surface area contributed by atoms with Crippen molar-refractivity contribution in [2.45, 2.75) is 25.1 Å². The standard InChI is InChI=1S/C18H20N2O4S2/c1-11-3-6-15(25-11)12-4-5-14-13(9-12)10-20(18(14)22)8-7-16(26(2)24)17(21)19-23/h3-6,9,16,23H,7-8,10H2,1-2H3,(H,19,21). The molecule has 1 aromatic carbocycles. The Morgan fingerprint density at radius 1 is 1.38 bits per heavy atom. The molecule has 0 aliphatic carbocycles. The Kier molecular flexibility index (Phi) is 5.55. The summed E-state index contributed by atoms with van der Waals surface area (Å²) in [5.74, 6) is -0.774. The summed E-state index contributed by atoms with van der Waals surface area (Å²) in [4.78, 5) is 28.2. The van der Waals surface area contributed by atoms with E-state index in [0.29, 0.717) is 18.7 Å². The van der Waals surface area contributed by atoms with E-state index in [1.54, 1.807) is 21.7 Å². The largest absolute Gasteiger partial charge is 0.334 e. The number of amides is 2. The lowest BCUT2D eigenvalue weighted by molar-refractivity contribution is -0.128. The molecular formula is C18H20N2O4S2. The van der Waals surface area contributed by atoms with Gasteiger partial charge < -0.3 is 4.90 Å². The van der Waals surface area contributed by atoms with Crippen LogP contribution in [0, 0.1) is 6.92 Å². The Morgan fingerprint density at radius 2 is 2.15 bits per heavy atom. The smallest absolute Gasteiger partial charge is 0.259 e. The van der Waals surface area contributed by atoms with Gasteiger partial charge in [0.1, 0.15) is 5.25 Å². The van der Waals surface area contributed by atoms with Gasteiger partial charge in [-0.1, -0.05) is 6.07 Å². The number of rotatable bonds is 6. The van der Waals surface area contributed by atoms with E-state index in [1.165, 1.54) is 11.1 Å². The van der Waals surface area contributed by atoms with Gasteiger partial charge in [-0.2, -0.15) is 0 Å². The number of carbonyl (C=O) groups excluding carboxylic acids is 2. The lowest BCUT2D eigenvalue weighted by Gasteiger charge is -2.18. The van der Waals surface area contributed by atoms with Crippen LogP contribution in [-0.4, -0.2) is 44.2 Å². The average Bonchev–Trinajstić information content (AvgIpc) is 3.18. The van der Waals surface area contributed by atoms with Crippen molar-refractivity contribution >= 4 is 34.0 Å². The fourth-order valence-corrected chi connectivity index (χ4v) is 4.75. The molecule has 0 spiro atoms. The van der Waals surface area contributed by atoms with Crippen molar-refractivity contribution in [3.63, 3.8) is 0 Å². The summed E-state index contributed by atoms with van der Waals surface area (Å²) < 4.78 is 11.7. The van der Waals surface area contributed by atoms with Gasteiger partial charge in [0.2, 0.25) is 0 Å². The molecule has 2 atom stereocenters. The number of hydrogen-bond acceptors (Lipinski definition) is 5. The molecular weight excluding hydrogens is 372 g/mol. The normalized spacial score (nSPS) is 15.7. The third-order valence-corrected chi connectivity index (χ3v) is 6.77. The number of carbonyl (C=O) groups is 2. The minimum atomic E-state index is -1.43. The second kappa shape index (κ2) is 7.69. The lowest BCUT2D eigenvalue weighted by atomic mass is 10.1. The zero-order chi connectivity index (χ0) is 18.8. The Bertz CT molecular complexity index is 878. The molecule has 3 rings (SSSR count). The van der Waals surface area contributed by atoms with Crippen LogP contribution >= 0.6 is 11.3 Å². The maximum Gasteiger partial charge on any atom is 0.259 e. The highest BCUT2D eigenvalue weighted by Gasteiger charge is 2.30. The Balaban J connectivity index is 1.73. The predicted octanol–water partition coefficient (Wildman–Crippen LogP) is 2.32. The molecule has 1 aromatic heterocycles.